The van der Waals surface area contributed by atoms with Crippen molar-refractivity contribution in [3.63, 3.8) is 0 Å². The highest BCUT2D eigenvalue weighted by molar-refractivity contribution is 9.09. The first-order chi connectivity index (χ1) is 7.90. The zero-order chi connectivity index (χ0) is 11.2. The van der Waals surface area contributed by atoms with Crippen LogP contribution in [0.2, 0.25) is 0 Å². The first-order valence-electron chi connectivity index (χ1n) is 6.92. The van der Waals surface area contributed by atoms with Crippen LogP contribution < -0.4 is 0 Å². The molecule has 0 atom stereocenters. The van der Waals surface area contributed by atoms with E-state index in [-0.39, 0.29) is 0 Å². The highest BCUT2D eigenvalue weighted by atomic mass is 79.9. The molecule has 1 aliphatic heterocycles. The van der Waals surface area contributed by atoms with Crippen molar-refractivity contribution in [2.24, 2.45) is 0 Å². The predicted molar refractivity (Wildman–Crippen MR) is 73.3 cm³/mol. The van der Waals surface area contributed by atoms with Crippen molar-refractivity contribution >= 4 is 15.9 Å². The van der Waals surface area contributed by atoms with E-state index in [2.05, 4.69) is 25.7 Å². The van der Waals surface area contributed by atoms with Crippen molar-refractivity contribution in [2.45, 2.75) is 44.6 Å². The molecule has 0 bridgehead atoms. The lowest BCUT2D eigenvalue weighted by atomic mass is 10.2. The molecule has 0 amide bonds. The van der Waals surface area contributed by atoms with Crippen molar-refractivity contribution in [1.82, 2.24) is 9.80 Å². The first kappa shape index (κ1) is 12.8. The van der Waals surface area contributed by atoms with E-state index in [4.69, 9.17) is 0 Å². The molecule has 3 heteroatoms. The van der Waals surface area contributed by atoms with Crippen molar-refractivity contribution in [2.75, 3.05) is 38.1 Å². The summed E-state index contributed by atoms with van der Waals surface area (Å²) in [6, 6.07) is 0.889. The molecule has 0 aromatic carbocycles. The Morgan fingerprint density at radius 2 is 1.69 bits per heavy atom. The van der Waals surface area contributed by atoms with Gasteiger partial charge in [-0.25, -0.2) is 0 Å². The van der Waals surface area contributed by atoms with Crippen molar-refractivity contribution in [3.8, 4) is 0 Å². The molecule has 2 fully saturated rings. The molecule has 1 saturated heterocycles. The SMILES string of the molecule is BrCCN(CCN1CCCC1)C1CCCC1. The number of halogens is 1. The van der Waals surface area contributed by atoms with Gasteiger partial charge in [0, 0.05) is 31.0 Å². The lowest BCUT2D eigenvalue weighted by Crippen LogP contribution is -2.40. The molecule has 0 aromatic heterocycles. The van der Waals surface area contributed by atoms with Crippen LogP contribution in [0, 0.1) is 0 Å². The molecule has 0 spiro atoms. The van der Waals surface area contributed by atoms with Crippen molar-refractivity contribution in [3.05, 3.63) is 0 Å². The Kier molecular flexibility index (Phi) is 5.60. The summed E-state index contributed by atoms with van der Waals surface area (Å²) >= 11 is 3.60. The van der Waals surface area contributed by atoms with E-state index in [1.165, 1.54) is 71.2 Å². The van der Waals surface area contributed by atoms with Gasteiger partial charge in [0.25, 0.3) is 0 Å². The normalized spacial score (nSPS) is 23.6. The number of alkyl halides is 1. The highest BCUT2D eigenvalue weighted by Gasteiger charge is 2.22. The minimum Gasteiger partial charge on any atom is -0.302 e. The quantitative estimate of drug-likeness (QED) is 0.694. The van der Waals surface area contributed by atoms with Gasteiger partial charge in [-0.15, -0.1) is 0 Å². The summed E-state index contributed by atoms with van der Waals surface area (Å²) in [5, 5.41) is 1.13. The lowest BCUT2D eigenvalue weighted by Gasteiger charge is -2.30. The molecule has 2 rings (SSSR count). The van der Waals surface area contributed by atoms with Crippen LogP contribution in [-0.4, -0.2) is 53.9 Å². The Labute approximate surface area is 108 Å². The molecule has 1 aliphatic carbocycles. The third-order valence-electron chi connectivity index (χ3n) is 4.11. The fourth-order valence-corrected chi connectivity index (χ4v) is 3.59. The largest absolute Gasteiger partial charge is 0.302 e. The number of hydrogen-bond acceptors (Lipinski definition) is 2. The summed E-state index contributed by atoms with van der Waals surface area (Å²) in [4.78, 5) is 5.36. The van der Waals surface area contributed by atoms with E-state index in [1.807, 2.05) is 0 Å². The van der Waals surface area contributed by atoms with E-state index in [1.54, 1.807) is 0 Å². The molecule has 0 aromatic rings. The topological polar surface area (TPSA) is 6.48 Å². The molecule has 0 unspecified atom stereocenters. The summed E-state index contributed by atoms with van der Waals surface area (Å²) in [6.07, 6.45) is 8.62. The average molecular weight is 289 g/mol. The van der Waals surface area contributed by atoms with Gasteiger partial charge in [0.2, 0.25) is 0 Å². The molecule has 0 N–H and O–H groups in total. The Morgan fingerprint density at radius 1 is 1.00 bits per heavy atom. The highest BCUT2D eigenvalue weighted by Crippen LogP contribution is 2.23. The summed E-state index contributed by atoms with van der Waals surface area (Å²) in [7, 11) is 0. The average Bonchev–Trinajstić information content (AvgIpc) is 2.96. The van der Waals surface area contributed by atoms with E-state index in [0.717, 1.165) is 11.4 Å². The summed E-state index contributed by atoms with van der Waals surface area (Å²) in [5.41, 5.74) is 0. The fraction of sp³-hybridized carbons (Fsp3) is 1.00. The second kappa shape index (κ2) is 6.97. The van der Waals surface area contributed by atoms with E-state index in [0.29, 0.717) is 0 Å². The van der Waals surface area contributed by atoms with Crippen molar-refractivity contribution in [1.29, 1.82) is 0 Å². The molecule has 2 nitrogen and oxygen atoms in total. The molecular formula is C13H25BrN2. The van der Waals surface area contributed by atoms with Gasteiger partial charge in [0.15, 0.2) is 0 Å². The lowest BCUT2D eigenvalue weighted by molar-refractivity contribution is 0.181. The first-order valence-corrected chi connectivity index (χ1v) is 8.04. The van der Waals surface area contributed by atoms with E-state index >= 15 is 0 Å². The molecule has 1 saturated carbocycles. The van der Waals surface area contributed by atoms with Crippen LogP contribution in [0.4, 0.5) is 0 Å². The second-order valence-corrected chi connectivity index (χ2v) is 6.00. The van der Waals surface area contributed by atoms with E-state index < -0.39 is 0 Å². The molecule has 2 aliphatic rings. The third-order valence-corrected chi connectivity index (χ3v) is 4.47. The summed E-state index contributed by atoms with van der Waals surface area (Å²) in [6.45, 7) is 6.50. The van der Waals surface area contributed by atoms with Gasteiger partial charge in [0.05, 0.1) is 0 Å². The van der Waals surface area contributed by atoms with Crippen molar-refractivity contribution < 1.29 is 0 Å². The van der Waals surface area contributed by atoms with Gasteiger partial charge >= 0.3 is 0 Å². The Bertz CT molecular complexity index is 186. The minimum absolute atomic E-state index is 0.889. The standard InChI is InChI=1S/C13H25BrN2/c14-7-10-16(13-5-1-2-6-13)12-11-15-8-3-4-9-15/h13H,1-12H2. The van der Waals surface area contributed by atoms with Crippen LogP contribution >= 0.6 is 15.9 Å². The minimum atomic E-state index is 0.889. The van der Waals surface area contributed by atoms with Gasteiger partial charge in [-0.05, 0) is 38.8 Å². The second-order valence-electron chi connectivity index (χ2n) is 5.21. The predicted octanol–water partition coefficient (Wildman–Crippen LogP) is 2.72. The number of hydrogen-bond donors (Lipinski definition) is 0. The number of nitrogens with zero attached hydrogens (tertiary/aromatic N) is 2. The maximum atomic E-state index is 3.60. The Hall–Kier alpha value is 0.400. The zero-order valence-corrected chi connectivity index (χ0v) is 11.9. The van der Waals surface area contributed by atoms with Crippen LogP contribution in [0.3, 0.4) is 0 Å². The number of rotatable bonds is 6. The smallest absolute Gasteiger partial charge is 0.0159 e. The van der Waals surface area contributed by atoms with Crippen LogP contribution in [0.25, 0.3) is 0 Å². The Morgan fingerprint density at radius 3 is 2.31 bits per heavy atom. The molecule has 16 heavy (non-hydrogen) atoms. The van der Waals surface area contributed by atoms with Gasteiger partial charge in [-0.2, -0.15) is 0 Å². The van der Waals surface area contributed by atoms with Crippen LogP contribution in [-0.2, 0) is 0 Å². The van der Waals surface area contributed by atoms with Gasteiger partial charge in [-0.3, -0.25) is 4.90 Å². The number of likely N-dealkylation sites (tertiary alicyclic amines) is 1. The maximum absolute atomic E-state index is 3.60. The zero-order valence-electron chi connectivity index (χ0n) is 10.3. The summed E-state index contributed by atoms with van der Waals surface area (Å²) < 4.78 is 0. The molecule has 94 valence electrons. The van der Waals surface area contributed by atoms with Gasteiger partial charge in [-0.1, -0.05) is 28.8 Å². The Balaban J connectivity index is 1.72. The van der Waals surface area contributed by atoms with Gasteiger partial charge in [0.1, 0.15) is 0 Å². The van der Waals surface area contributed by atoms with Crippen LogP contribution in [0.1, 0.15) is 38.5 Å². The van der Waals surface area contributed by atoms with Crippen LogP contribution in [0.5, 0.6) is 0 Å². The monoisotopic (exact) mass is 288 g/mol. The molecule has 0 radical (unpaired) electrons. The molecular weight excluding hydrogens is 264 g/mol. The molecule has 1 heterocycles. The van der Waals surface area contributed by atoms with Gasteiger partial charge < -0.3 is 4.90 Å². The third kappa shape index (κ3) is 3.71. The van der Waals surface area contributed by atoms with E-state index in [9.17, 15) is 0 Å². The maximum Gasteiger partial charge on any atom is 0.0159 e. The van der Waals surface area contributed by atoms with Crippen LogP contribution in [0.15, 0.2) is 0 Å². The summed E-state index contributed by atoms with van der Waals surface area (Å²) in [5.74, 6) is 0. The fourth-order valence-electron chi connectivity index (χ4n) is 3.13.